The predicted octanol–water partition coefficient (Wildman–Crippen LogP) is 7.71. The minimum Gasteiger partial charge on any atom is -0.414 e. The summed E-state index contributed by atoms with van der Waals surface area (Å²) in [5.41, 5.74) is 0.597. The van der Waals surface area contributed by atoms with Gasteiger partial charge >= 0.3 is 0 Å². The topological polar surface area (TPSA) is 27.7 Å². The first-order chi connectivity index (χ1) is 13.3. The standard InChI is InChI=1S/C23H52O3Si4/c1-15-21(5,29(13)18-23(17-3,26-29)27(7,8)9)20-19(4)30(14,24-20)22(6,16-2)25-28(10,11)12/h19-20H,15-18H2,1-14H3. The van der Waals surface area contributed by atoms with Crippen molar-refractivity contribution in [3.63, 3.8) is 0 Å². The maximum Gasteiger partial charge on any atom is 0.225 e. The van der Waals surface area contributed by atoms with Gasteiger partial charge in [-0.3, -0.25) is 0 Å². The monoisotopic (exact) mass is 488 g/mol. The highest BCUT2D eigenvalue weighted by Gasteiger charge is 2.73. The lowest BCUT2D eigenvalue weighted by molar-refractivity contribution is -0.0138. The molecule has 0 saturated carbocycles. The minimum atomic E-state index is -2.01. The molecule has 2 fully saturated rings. The first-order valence-electron chi connectivity index (χ1n) is 12.4. The third-order valence-electron chi connectivity index (χ3n) is 9.50. The van der Waals surface area contributed by atoms with E-state index >= 15 is 0 Å². The van der Waals surface area contributed by atoms with Crippen molar-refractivity contribution in [1.82, 2.24) is 0 Å². The lowest BCUT2D eigenvalue weighted by Gasteiger charge is -2.70. The van der Waals surface area contributed by atoms with Crippen molar-refractivity contribution in [3.8, 4) is 0 Å². The van der Waals surface area contributed by atoms with Crippen LogP contribution in [0.5, 0.6) is 0 Å². The average molecular weight is 489 g/mol. The largest absolute Gasteiger partial charge is 0.414 e. The quantitative estimate of drug-likeness (QED) is 0.311. The highest BCUT2D eigenvalue weighted by molar-refractivity contribution is 6.88. The van der Waals surface area contributed by atoms with Crippen LogP contribution in [0.2, 0.25) is 69.0 Å². The lowest BCUT2D eigenvalue weighted by Crippen LogP contribution is -2.80. The van der Waals surface area contributed by atoms with E-state index in [1.807, 2.05) is 0 Å². The molecule has 7 atom stereocenters. The van der Waals surface area contributed by atoms with Gasteiger partial charge in [0.1, 0.15) is 0 Å². The second-order valence-corrected chi connectivity index (χ2v) is 31.5. The Kier molecular flexibility index (Phi) is 7.12. The van der Waals surface area contributed by atoms with Crippen LogP contribution in [-0.4, -0.2) is 49.6 Å². The van der Waals surface area contributed by atoms with Crippen molar-refractivity contribution in [2.24, 2.45) is 0 Å². The molecule has 0 aliphatic carbocycles. The van der Waals surface area contributed by atoms with Crippen molar-refractivity contribution in [2.45, 2.75) is 146 Å². The maximum atomic E-state index is 7.16. The normalized spacial score (nSPS) is 41.4. The van der Waals surface area contributed by atoms with Crippen LogP contribution < -0.4 is 0 Å². The van der Waals surface area contributed by atoms with Gasteiger partial charge in [0.05, 0.1) is 19.4 Å². The van der Waals surface area contributed by atoms with Crippen LogP contribution in [0.3, 0.4) is 0 Å². The Morgan fingerprint density at radius 3 is 1.80 bits per heavy atom. The molecule has 0 aromatic carbocycles. The molecule has 0 N–H and O–H groups in total. The summed E-state index contributed by atoms with van der Waals surface area (Å²) in [7, 11) is -6.90. The van der Waals surface area contributed by atoms with Gasteiger partial charge in [0.2, 0.25) is 16.6 Å². The summed E-state index contributed by atoms with van der Waals surface area (Å²) in [4.78, 5) is 0. The van der Waals surface area contributed by atoms with Crippen LogP contribution in [0.15, 0.2) is 0 Å². The van der Waals surface area contributed by atoms with E-state index in [-0.39, 0.29) is 15.5 Å². The Labute approximate surface area is 192 Å². The van der Waals surface area contributed by atoms with Gasteiger partial charge in [0.15, 0.2) is 8.32 Å². The van der Waals surface area contributed by atoms with Gasteiger partial charge in [0, 0.05) is 15.8 Å². The van der Waals surface area contributed by atoms with Crippen molar-refractivity contribution < 1.29 is 13.3 Å². The molecular formula is C23H52O3Si4. The average Bonchev–Trinajstić information content (AvgIpc) is 2.59. The van der Waals surface area contributed by atoms with Gasteiger partial charge in [0.25, 0.3) is 0 Å². The summed E-state index contributed by atoms with van der Waals surface area (Å²) >= 11 is 0. The van der Waals surface area contributed by atoms with E-state index in [4.69, 9.17) is 13.3 Å². The van der Waals surface area contributed by atoms with Crippen molar-refractivity contribution >= 4 is 33.0 Å². The second kappa shape index (κ2) is 7.91. The Hall–Kier alpha value is 0.748. The maximum absolute atomic E-state index is 7.16. The molecule has 0 bridgehead atoms. The molecular weight excluding hydrogens is 437 g/mol. The Morgan fingerprint density at radius 1 is 1.00 bits per heavy atom. The lowest BCUT2D eigenvalue weighted by atomic mass is 9.97. The molecule has 2 aliphatic rings. The molecule has 2 heterocycles. The SMILES string of the molecule is CCC1([Si](C)(C)C)C[Si](C)(C(C)(CC)C2O[Si](C)(C(C)(CC)O[Si](C)(C)C)C2C)O1. The summed E-state index contributed by atoms with van der Waals surface area (Å²) < 4.78 is 21.1. The van der Waals surface area contributed by atoms with E-state index < -0.39 is 33.0 Å². The van der Waals surface area contributed by atoms with E-state index in [9.17, 15) is 0 Å². The van der Waals surface area contributed by atoms with Crippen LogP contribution in [-0.2, 0) is 13.3 Å². The predicted molar refractivity (Wildman–Crippen MR) is 142 cm³/mol. The molecule has 0 aromatic heterocycles. The number of hydrogen-bond acceptors (Lipinski definition) is 3. The highest BCUT2D eigenvalue weighted by Crippen LogP contribution is 2.66. The molecule has 2 aliphatic heterocycles. The zero-order valence-corrected chi connectivity index (χ0v) is 26.7. The first kappa shape index (κ1) is 27.0. The van der Waals surface area contributed by atoms with Crippen LogP contribution in [0.4, 0.5) is 0 Å². The number of rotatable bonds is 9. The molecule has 7 heteroatoms. The zero-order valence-electron chi connectivity index (χ0n) is 22.7. The Bertz CT molecular complexity index is 637. The second-order valence-electron chi connectivity index (χ2n) is 13.1. The summed E-state index contributed by atoms with van der Waals surface area (Å²) in [5, 5.41) is 0.249. The van der Waals surface area contributed by atoms with Gasteiger partial charge < -0.3 is 13.3 Å². The Balaban J connectivity index is 2.30. The molecule has 178 valence electrons. The molecule has 0 spiro atoms. The van der Waals surface area contributed by atoms with E-state index in [1.165, 1.54) is 6.04 Å². The smallest absolute Gasteiger partial charge is 0.225 e. The summed E-state index contributed by atoms with van der Waals surface area (Å²) in [6, 6.07) is 1.32. The molecule has 3 nitrogen and oxygen atoms in total. The van der Waals surface area contributed by atoms with E-state index in [2.05, 4.69) is 93.9 Å². The summed E-state index contributed by atoms with van der Waals surface area (Å²) in [6.45, 7) is 33.7. The fourth-order valence-corrected chi connectivity index (χ4v) is 24.6. The molecule has 0 aromatic rings. The molecule has 0 amide bonds. The fraction of sp³-hybridized carbons (Fsp3) is 1.00. The van der Waals surface area contributed by atoms with Crippen molar-refractivity contribution in [2.75, 3.05) is 0 Å². The van der Waals surface area contributed by atoms with Crippen molar-refractivity contribution in [1.29, 1.82) is 0 Å². The van der Waals surface area contributed by atoms with Crippen LogP contribution in [0.1, 0.15) is 60.8 Å². The van der Waals surface area contributed by atoms with Gasteiger partial charge in [-0.1, -0.05) is 54.3 Å². The zero-order chi connectivity index (χ0) is 23.6. The fourth-order valence-electron chi connectivity index (χ4n) is 6.49. The molecule has 0 radical (unpaired) electrons. The van der Waals surface area contributed by atoms with Crippen LogP contribution in [0, 0.1) is 0 Å². The Morgan fingerprint density at radius 2 is 1.50 bits per heavy atom. The van der Waals surface area contributed by atoms with Gasteiger partial charge in [-0.15, -0.1) is 0 Å². The van der Waals surface area contributed by atoms with Gasteiger partial charge in [-0.2, -0.15) is 0 Å². The van der Waals surface area contributed by atoms with Crippen LogP contribution >= 0.6 is 0 Å². The molecule has 2 saturated heterocycles. The van der Waals surface area contributed by atoms with E-state index in [0.29, 0.717) is 11.6 Å². The third-order valence-corrected chi connectivity index (χ3v) is 25.2. The van der Waals surface area contributed by atoms with Crippen molar-refractivity contribution in [3.05, 3.63) is 0 Å². The van der Waals surface area contributed by atoms with E-state index in [1.54, 1.807) is 0 Å². The third kappa shape index (κ3) is 3.86. The van der Waals surface area contributed by atoms with Crippen LogP contribution in [0.25, 0.3) is 0 Å². The van der Waals surface area contributed by atoms with Gasteiger partial charge in [-0.25, -0.2) is 0 Å². The summed E-state index contributed by atoms with van der Waals surface area (Å²) in [6.07, 6.45) is 3.68. The van der Waals surface area contributed by atoms with Gasteiger partial charge in [-0.05, 0) is 65.0 Å². The molecule has 7 unspecified atom stereocenters. The minimum absolute atomic E-state index is 0.101. The first-order valence-corrected chi connectivity index (χ1v) is 24.4. The molecule has 2 rings (SSSR count). The van der Waals surface area contributed by atoms with E-state index in [0.717, 1.165) is 19.3 Å². The number of hydrogen-bond donors (Lipinski definition) is 0. The highest BCUT2D eigenvalue weighted by atomic mass is 28.4. The summed E-state index contributed by atoms with van der Waals surface area (Å²) in [5.74, 6) is 0. The molecule has 30 heavy (non-hydrogen) atoms.